The lowest BCUT2D eigenvalue weighted by Gasteiger charge is -2.13. The highest BCUT2D eigenvalue weighted by atomic mass is 19.1. The lowest BCUT2D eigenvalue weighted by Crippen LogP contribution is -2.07. The quantitative estimate of drug-likeness (QED) is 0.913. The lowest BCUT2D eigenvalue weighted by molar-refractivity contribution is 0.0692. The van der Waals surface area contributed by atoms with E-state index in [-0.39, 0.29) is 17.7 Å². The Morgan fingerprint density at radius 1 is 1.33 bits per heavy atom. The summed E-state index contributed by atoms with van der Waals surface area (Å²) in [5.74, 6) is -1.45. The Morgan fingerprint density at radius 2 is 2.10 bits per heavy atom. The number of halogens is 1. The summed E-state index contributed by atoms with van der Waals surface area (Å²) in [7, 11) is 0. The second-order valence-corrected chi connectivity index (χ2v) is 4.52. The first-order chi connectivity index (χ1) is 9.97. The summed E-state index contributed by atoms with van der Waals surface area (Å²) < 4.78 is 24.6. The molecule has 0 aliphatic heterocycles. The van der Waals surface area contributed by atoms with Crippen LogP contribution in [0.1, 0.15) is 24.2 Å². The van der Waals surface area contributed by atoms with Crippen molar-refractivity contribution >= 4 is 5.97 Å². The van der Waals surface area contributed by atoms with Crippen molar-refractivity contribution in [3.63, 3.8) is 0 Å². The largest absolute Gasteiger partial charge is 0.485 e. The molecule has 0 unspecified atom stereocenters. The number of pyridine rings is 1. The van der Waals surface area contributed by atoms with Crippen molar-refractivity contribution in [1.82, 2.24) is 4.98 Å². The molecule has 0 amide bonds. The van der Waals surface area contributed by atoms with Crippen molar-refractivity contribution < 1.29 is 23.8 Å². The second kappa shape index (κ2) is 6.21. The Bertz CT molecular complexity index is 658. The first kappa shape index (κ1) is 14.8. The number of hydrogen-bond acceptors (Lipinski definition) is 4. The van der Waals surface area contributed by atoms with Gasteiger partial charge in [0.2, 0.25) is 0 Å². The van der Waals surface area contributed by atoms with Gasteiger partial charge in [-0.1, -0.05) is 0 Å². The number of nitrogens with zero attached hydrogens (tertiary/aromatic N) is 1. The van der Waals surface area contributed by atoms with Crippen LogP contribution in [0.5, 0.6) is 17.4 Å². The number of hydrogen-bond donors (Lipinski definition) is 1. The third-order valence-electron chi connectivity index (χ3n) is 2.48. The van der Waals surface area contributed by atoms with Gasteiger partial charge in [0, 0.05) is 12.3 Å². The van der Waals surface area contributed by atoms with E-state index in [0.717, 1.165) is 12.1 Å². The van der Waals surface area contributed by atoms with Crippen molar-refractivity contribution in [2.24, 2.45) is 0 Å². The van der Waals surface area contributed by atoms with Gasteiger partial charge in [-0.15, -0.1) is 0 Å². The Labute approximate surface area is 121 Å². The predicted molar refractivity (Wildman–Crippen MR) is 73.4 cm³/mol. The van der Waals surface area contributed by atoms with E-state index in [1.807, 2.05) is 13.8 Å². The topological polar surface area (TPSA) is 68.7 Å². The Balaban J connectivity index is 2.26. The van der Waals surface area contributed by atoms with E-state index in [0.29, 0.717) is 5.75 Å². The molecule has 0 saturated carbocycles. The van der Waals surface area contributed by atoms with Crippen molar-refractivity contribution in [2.45, 2.75) is 20.0 Å². The van der Waals surface area contributed by atoms with Crippen LogP contribution >= 0.6 is 0 Å². The molecule has 0 fully saturated rings. The predicted octanol–water partition coefficient (Wildman–Crippen LogP) is 3.50. The minimum Gasteiger partial charge on any atom is -0.485 e. The Morgan fingerprint density at radius 3 is 2.71 bits per heavy atom. The number of benzene rings is 1. The van der Waals surface area contributed by atoms with Crippen molar-refractivity contribution in [3.8, 4) is 17.4 Å². The zero-order chi connectivity index (χ0) is 15.4. The van der Waals surface area contributed by atoms with Crippen LogP contribution in [0.15, 0.2) is 36.5 Å². The summed E-state index contributed by atoms with van der Waals surface area (Å²) in [6.07, 6.45) is 1.45. The maximum absolute atomic E-state index is 13.6. The van der Waals surface area contributed by atoms with Gasteiger partial charge in [-0.2, -0.15) is 0 Å². The van der Waals surface area contributed by atoms with Gasteiger partial charge in [0.1, 0.15) is 11.6 Å². The summed E-state index contributed by atoms with van der Waals surface area (Å²) in [6.45, 7) is 3.72. The smallest absolute Gasteiger partial charge is 0.338 e. The summed E-state index contributed by atoms with van der Waals surface area (Å²) >= 11 is 0. The lowest BCUT2D eigenvalue weighted by atomic mass is 10.2. The highest BCUT2D eigenvalue weighted by molar-refractivity contribution is 5.88. The second-order valence-electron chi connectivity index (χ2n) is 4.52. The molecular formula is C15H14FNO4. The van der Waals surface area contributed by atoms with Crippen LogP contribution in [0.2, 0.25) is 0 Å². The fourth-order valence-corrected chi connectivity index (χ4v) is 1.64. The van der Waals surface area contributed by atoms with Crippen LogP contribution in [-0.4, -0.2) is 22.2 Å². The molecule has 1 heterocycles. The van der Waals surface area contributed by atoms with Gasteiger partial charge < -0.3 is 14.6 Å². The van der Waals surface area contributed by atoms with Crippen LogP contribution < -0.4 is 9.47 Å². The maximum Gasteiger partial charge on any atom is 0.338 e. The van der Waals surface area contributed by atoms with Gasteiger partial charge in [-0.05, 0) is 38.1 Å². The van der Waals surface area contributed by atoms with E-state index >= 15 is 0 Å². The SMILES string of the molecule is CC(C)Oc1cccnc1Oc1ccc(C(=O)O)c(F)c1. The van der Waals surface area contributed by atoms with Crippen LogP contribution in [0.4, 0.5) is 4.39 Å². The number of carbonyl (C=O) groups is 1. The summed E-state index contributed by atoms with van der Waals surface area (Å²) in [5.41, 5.74) is -0.415. The van der Waals surface area contributed by atoms with Gasteiger partial charge in [0.15, 0.2) is 5.75 Å². The van der Waals surface area contributed by atoms with E-state index < -0.39 is 17.3 Å². The van der Waals surface area contributed by atoms with Crippen molar-refractivity contribution in [2.75, 3.05) is 0 Å². The molecule has 0 spiro atoms. The molecule has 0 bridgehead atoms. The third kappa shape index (κ3) is 3.68. The standard InChI is InChI=1S/C15H14FNO4/c1-9(2)20-13-4-3-7-17-14(13)21-10-5-6-11(15(18)19)12(16)8-10/h3-9H,1-2H3,(H,18,19). The van der Waals surface area contributed by atoms with E-state index in [9.17, 15) is 9.18 Å². The minimum absolute atomic E-state index is 0.0670. The van der Waals surface area contributed by atoms with Gasteiger partial charge in [0.05, 0.1) is 11.7 Å². The summed E-state index contributed by atoms with van der Waals surface area (Å²) in [4.78, 5) is 14.8. The molecule has 0 aliphatic carbocycles. The molecule has 21 heavy (non-hydrogen) atoms. The maximum atomic E-state index is 13.6. The van der Waals surface area contributed by atoms with Gasteiger partial charge >= 0.3 is 5.97 Å². The molecule has 1 aromatic heterocycles. The molecule has 0 atom stereocenters. The highest BCUT2D eigenvalue weighted by Crippen LogP contribution is 2.30. The normalized spacial score (nSPS) is 10.5. The van der Waals surface area contributed by atoms with E-state index in [1.165, 1.54) is 12.3 Å². The van der Waals surface area contributed by atoms with Crippen LogP contribution in [-0.2, 0) is 0 Å². The minimum atomic E-state index is -1.33. The number of ether oxygens (including phenoxy) is 2. The molecular weight excluding hydrogens is 277 g/mol. The average molecular weight is 291 g/mol. The number of rotatable bonds is 5. The number of carboxylic acids is 1. The molecule has 110 valence electrons. The first-order valence-electron chi connectivity index (χ1n) is 6.29. The third-order valence-corrected chi connectivity index (χ3v) is 2.48. The molecule has 2 aromatic rings. The van der Waals surface area contributed by atoms with Crippen molar-refractivity contribution in [1.29, 1.82) is 0 Å². The molecule has 6 heteroatoms. The molecule has 0 saturated heterocycles. The van der Waals surface area contributed by atoms with Crippen LogP contribution in [0.25, 0.3) is 0 Å². The Kier molecular flexibility index (Phi) is 4.37. The zero-order valence-corrected chi connectivity index (χ0v) is 11.5. The zero-order valence-electron chi connectivity index (χ0n) is 11.5. The molecule has 0 aliphatic rings. The first-order valence-corrected chi connectivity index (χ1v) is 6.29. The van der Waals surface area contributed by atoms with E-state index in [4.69, 9.17) is 14.6 Å². The molecule has 0 radical (unpaired) electrons. The number of carboxylic acid groups (broad SMARTS) is 1. The monoisotopic (exact) mass is 291 g/mol. The fraction of sp³-hybridized carbons (Fsp3) is 0.200. The number of aromatic nitrogens is 1. The van der Waals surface area contributed by atoms with Crippen molar-refractivity contribution in [3.05, 3.63) is 47.9 Å². The molecule has 5 nitrogen and oxygen atoms in total. The average Bonchev–Trinajstić information content (AvgIpc) is 2.40. The van der Waals surface area contributed by atoms with Crippen LogP contribution in [0, 0.1) is 5.82 Å². The highest BCUT2D eigenvalue weighted by Gasteiger charge is 2.13. The molecule has 2 rings (SSSR count). The Hall–Kier alpha value is -2.63. The van der Waals surface area contributed by atoms with Crippen LogP contribution in [0.3, 0.4) is 0 Å². The van der Waals surface area contributed by atoms with E-state index in [1.54, 1.807) is 12.1 Å². The van der Waals surface area contributed by atoms with Gasteiger partial charge in [-0.25, -0.2) is 14.2 Å². The van der Waals surface area contributed by atoms with Gasteiger partial charge in [-0.3, -0.25) is 0 Å². The van der Waals surface area contributed by atoms with E-state index in [2.05, 4.69) is 4.98 Å². The molecule has 1 N–H and O–H groups in total. The number of aromatic carboxylic acids is 1. The molecule has 1 aromatic carbocycles. The summed E-state index contributed by atoms with van der Waals surface area (Å²) in [6, 6.07) is 6.87. The fourth-order valence-electron chi connectivity index (χ4n) is 1.64. The summed E-state index contributed by atoms with van der Waals surface area (Å²) in [5, 5.41) is 8.78. The van der Waals surface area contributed by atoms with Gasteiger partial charge in [0.25, 0.3) is 5.88 Å².